The Morgan fingerprint density at radius 1 is 1.50 bits per heavy atom. The first-order valence-corrected chi connectivity index (χ1v) is 5.12. The first-order valence-electron chi connectivity index (χ1n) is 5.12. The number of benzene rings is 1. The van der Waals surface area contributed by atoms with E-state index in [1.165, 1.54) is 0 Å². The van der Waals surface area contributed by atoms with Crippen LogP contribution in [0.5, 0.6) is 5.75 Å². The average Bonchev–Trinajstić information content (AvgIpc) is 2.29. The molecule has 0 heterocycles. The molecule has 16 heavy (non-hydrogen) atoms. The zero-order valence-corrected chi connectivity index (χ0v) is 9.47. The molecule has 0 saturated heterocycles. The number of carbonyl (C=O) groups excluding carboxylic acids is 1. The van der Waals surface area contributed by atoms with E-state index in [1.807, 2.05) is 0 Å². The first kappa shape index (κ1) is 12.7. The van der Waals surface area contributed by atoms with Crippen LogP contribution in [0.2, 0.25) is 0 Å². The van der Waals surface area contributed by atoms with Gasteiger partial charge in [-0.3, -0.25) is 4.79 Å². The molecule has 88 valence electrons. The van der Waals surface area contributed by atoms with Crippen molar-refractivity contribution < 1.29 is 19.4 Å². The van der Waals surface area contributed by atoms with E-state index in [2.05, 4.69) is 0 Å². The summed E-state index contributed by atoms with van der Waals surface area (Å²) in [5, 5.41) is 9.30. The largest absolute Gasteiger partial charge is 0.497 e. The number of Topliss-reactive ketones (excluding diaryl/α,β-unsaturated/α-hetero) is 1. The average molecular weight is 224 g/mol. The Kier molecular flexibility index (Phi) is 4.95. The topological polar surface area (TPSA) is 55.8 Å². The van der Waals surface area contributed by atoms with Gasteiger partial charge in [-0.2, -0.15) is 0 Å². The van der Waals surface area contributed by atoms with E-state index in [4.69, 9.17) is 9.47 Å². The highest BCUT2D eigenvalue weighted by molar-refractivity contribution is 5.83. The molecule has 4 nitrogen and oxygen atoms in total. The van der Waals surface area contributed by atoms with E-state index in [0.29, 0.717) is 12.4 Å². The van der Waals surface area contributed by atoms with Crippen molar-refractivity contribution in [1.29, 1.82) is 0 Å². The number of hydrogen-bond donors (Lipinski definition) is 1. The van der Waals surface area contributed by atoms with Crippen LogP contribution < -0.4 is 4.74 Å². The molecular weight excluding hydrogens is 208 g/mol. The third-order valence-corrected chi connectivity index (χ3v) is 2.11. The van der Waals surface area contributed by atoms with Crippen molar-refractivity contribution in [3.05, 3.63) is 29.8 Å². The van der Waals surface area contributed by atoms with Crippen LogP contribution in [0, 0.1) is 0 Å². The Balaban J connectivity index is 2.61. The molecule has 0 spiro atoms. The number of ketones is 1. The lowest BCUT2D eigenvalue weighted by Gasteiger charge is -2.09. The molecule has 0 saturated carbocycles. The van der Waals surface area contributed by atoms with Crippen molar-refractivity contribution in [3.63, 3.8) is 0 Å². The van der Waals surface area contributed by atoms with Crippen LogP contribution in [0.15, 0.2) is 24.3 Å². The molecule has 0 aliphatic carbocycles. The minimum absolute atomic E-state index is 0.137. The highest BCUT2D eigenvalue weighted by atomic mass is 16.6. The minimum atomic E-state index is -1.34. The van der Waals surface area contributed by atoms with E-state index >= 15 is 0 Å². The van der Waals surface area contributed by atoms with Gasteiger partial charge in [0.05, 0.1) is 7.11 Å². The fraction of sp³-hybridized carbons (Fsp3) is 0.417. The van der Waals surface area contributed by atoms with E-state index in [9.17, 15) is 9.90 Å². The first-order chi connectivity index (χ1) is 7.67. The summed E-state index contributed by atoms with van der Waals surface area (Å²) in [6.07, 6.45) is -1.20. The molecule has 1 aromatic rings. The van der Waals surface area contributed by atoms with Crippen molar-refractivity contribution >= 4 is 5.78 Å². The summed E-state index contributed by atoms with van der Waals surface area (Å²) in [4.78, 5) is 11.5. The van der Waals surface area contributed by atoms with Gasteiger partial charge < -0.3 is 14.6 Å². The van der Waals surface area contributed by atoms with Crippen molar-refractivity contribution in [2.24, 2.45) is 0 Å². The molecule has 4 heteroatoms. The maximum Gasteiger partial charge on any atom is 0.215 e. The van der Waals surface area contributed by atoms with Gasteiger partial charge in [-0.15, -0.1) is 0 Å². The highest BCUT2D eigenvalue weighted by Crippen LogP contribution is 2.13. The molecule has 0 fully saturated rings. The van der Waals surface area contributed by atoms with Gasteiger partial charge in [-0.1, -0.05) is 12.1 Å². The monoisotopic (exact) mass is 224 g/mol. The summed E-state index contributed by atoms with van der Waals surface area (Å²) in [6, 6.07) is 7.16. The lowest BCUT2D eigenvalue weighted by atomic mass is 10.1. The summed E-state index contributed by atoms with van der Waals surface area (Å²) >= 11 is 0. The number of aliphatic hydroxyl groups is 1. The van der Waals surface area contributed by atoms with Crippen LogP contribution in [0.4, 0.5) is 0 Å². The maximum absolute atomic E-state index is 11.5. The third kappa shape index (κ3) is 3.64. The molecule has 0 aliphatic heterocycles. The Hall–Kier alpha value is -1.39. The van der Waals surface area contributed by atoms with Gasteiger partial charge in [0.15, 0.2) is 5.78 Å². The van der Waals surface area contributed by atoms with Crippen LogP contribution in [0.1, 0.15) is 12.5 Å². The van der Waals surface area contributed by atoms with Crippen molar-refractivity contribution in [2.75, 3.05) is 13.7 Å². The van der Waals surface area contributed by atoms with Crippen LogP contribution in [-0.2, 0) is 16.0 Å². The van der Waals surface area contributed by atoms with Crippen molar-refractivity contribution in [2.45, 2.75) is 19.6 Å². The molecule has 0 aliphatic rings. The van der Waals surface area contributed by atoms with Crippen LogP contribution in [0.3, 0.4) is 0 Å². The number of carbonyl (C=O) groups is 1. The SMILES string of the molecule is CCOC(O)C(=O)Cc1cccc(OC)c1. The second-order valence-corrected chi connectivity index (χ2v) is 3.30. The molecule has 0 amide bonds. The summed E-state index contributed by atoms with van der Waals surface area (Å²) in [7, 11) is 1.57. The molecular formula is C12H16O4. The fourth-order valence-corrected chi connectivity index (χ4v) is 1.32. The molecule has 1 unspecified atom stereocenters. The quantitative estimate of drug-likeness (QED) is 0.737. The van der Waals surface area contributed by atoms with Gasteiger partial charge in [0.2, 0.25) is 6.29 Å². The summed E-state index contributed by atoms with van der Waals surface area (Å²) in [5.41, 5.74) is 0.795. The molecule has 0 radical (unpaired) electrons. The molecule has 1 aromatic carbocycles. The van der Waals surface area contributed by atoms with Gasteiger partial charge >= 0.3 is 0 Å². The normalized spacial score (nSPS) is 12.2. The molecule has 1 atom stereocenters. The standard InChI is InChI=1S/C12H16O4/c1-3-16-12(14)11(13)8-9-5-4-6-10(7-9)15-2/h4-7,12,14H,3,8H2,1-2H3. The van der Waals surface area contributed by atoms with Gasteiger partial charge in [0, 0.05) is 13.0 Å². The molecule has 1 rings (SSSR count). The van der Waals surface area contributed by atoms with E-state index < -0.39 is 6.29 Å². The number of rotatable bonds is 6. The summed E-state index contributed by atoms with van der Waals surface area (Å²) < 4.78 is 9.85. The zero-order valence-electron chi connectivity index (χ0n) is 9.47. The molecule has 0 bridgehead atoms. The van der Waals surface area contributed by atoms with Crippen LogP contribution in [0.25, 0.3) is 0 Å². The molecule has 0 aromatic heterocycles. The Labute approximate surface area is 94.8 Å². The minimum Gasteiger partial charge on any atom is -0.497 e. The molecule has 1 N–H and O–H groups in total. The van der Waals surface area contributed by atoms with Crippen molar-refractivity contribution in [1.82, 2.24) is 0 Å². The van der Waals surface area contributed by atoms with E-state index in [-0.39, 0.29) is 12.2 Å². The van der Waals surface area contributed by atoms with Gasteiger partial charge in [0.25, 0.3) is 0 Å². The lowest BCUT2D eigenvalue weighted by Crippen LogP contribution is -2.25. The number of hydrogen-bond acceptors (Lipinski definition) is 4. The lowest BCUT2D eigenvalue weighted by molar-refractivity contribution is -0.154. The van der Waals surface area contributed by atoms with Crippen LogP contribution in [-0.4, -0.2) is 30.9 Å². The second-order valence-electron chi connectivity index (χ2n) is 3.30. The maximum atomic E-state index is 11.5. The third-order valence-electron chi connectivity index (χ3n) is 2.11. The smallest absolute Gasteiger partial charge is 0.215 e. The van der Waals surface area contributed by atoms with Gasteiger partial charge in [-0.05, 0) is 24.6 Å². The Morgan fingerprint density at radius 3 is 2.88 bits per heavy atom. The van der Waals surface area contributed by atoms with E-state index in [0.717, 1.165) is 5.56 Å². The summed E-state index contributed by atoms with van der Waals surface area (Å²) in [6.45, 7) is 2.03. The zero-order chi connectivity index (χ0) is 12.0. The fourth-order valence-electron chi connectivity index (χ4n) is 1.32. The highest BCUT2D eigenvalue weighted by Gasteiger charge is 2.15. The summed E-state index contributed by atoms with van der Waals surface area (Å²) in [5.74, 6) is 0.339. The predicted octanol–water partition coefficient (Wildman–Crippen LogP) is 1.16. The van der Waals surface area contributed by atoms with Crippen molar-refractivity contribution in [3.8, 4) is 5.75 Å². The predicted molar refractivity (Wildman–Crippen MR) is 59.3 cm³/mol. The number of aliphatic hydroxyl groups excluding tert-OH is 1. The number of methoxy groups -OCH3 is 1. The van der Waals surface area contributed by atoms with Gasteiger partial charge in [0.1, 0.15) is 5.75 Å². The van der Waals surface area contributed by atoms with Gasteiger partial charge in [-0.25, -0.2) is 0 Å². The number of ether oxygens (including phenoxy) is 2. The van der Waals surface area contributed by atoms with E-state index in [1.54, 1.807) is 38.3 Å². The van der Waals surface area contributed by atoms with Crippen LogP contribution >= 0.6 is 0 Å². The Bertz CT molecular complexity index is 349. The second kappa shape index (κ2) is 6.25. The Morgan fingerprint density at radius 2 is 2.25 bits per heavy atom.